The van der Waals surface area contributed by atoms with Crippen molar-refractivity contribution >= 4 is 29.9 Å². The van der Waals surface area contributed by atoms with Gasteiger partial charge in [0.25, 0.3) is 0 Å². The first-order chi connectivity index (χ1) is 9.48. The average molecular weight is 310 g/mol. The molecule has 2 amide bonds. The second-order valence-corrected chi connectivity index (χ2v) is 5.82. The van der Waals surface area contributed by atoms with Crippen LogP contribution in [0.5, 0.6) is 0 Å². The SMILES string of the molecule is CC(NC(=O)C1(N)CC1)c1ccc2c(c1)CCC(=O)N2.Cl. The van der Waals surface area contributed by atoms with Gasteiger partial charge in [-0.2, -0.15) is 0 Å². The summed E-state index contributed by atoms with van der Waals surface area (Å²) in [7, 11) is 0. The Balaban J connectivity index is 0.00000161. The molecule has 1 fully saturated rings. The summed E-state index contributed by atoms with van der Waals surface area (Å²) < 4.78 is 0. The van der Waals surface area contributed by atoms with E-state index in [0.717, 1.165) is 36.1 Å². The molecule has 0 bridgehead atoms. The van der Waals surface area contributed by atoms with Crippen LogP contribution in [0.2, 0.25) is 0 Å². The van der Waals surface area contributed by atoms with Gasteiger partial charge in [0.05, 0.1) is 11.6 Å². The normalized spacial score (nSPS) is 19.6. The van der Waals surface area contributed by atoms with E-state index in [1.165, 1.54) is 0 Å². The van der Waals surface area contributed by atoms with Crippen LogP contribution in [0, 0.1) is 0 Å². The number of fused-ring (bicyclic) bond motifs is 1. The van der Waals surface area contributed by atoms with Gasteiger partial charge in [0.1, 0.15) is 0 Å². The van der Waals surface area contributed by atoms with Gasteiger partial charge < -0.3 is 16.4 Å². The summed E-state index contributed by atoms with van der Waals surface area (Å²) in [5.74, 6) is -0.0126. The van der Waals surface area contributed by atoms with Gasteiger partial charge in [-0.25, -0.2) is 0 Å². The summed E-state index contributed by atoms with van der Waals surface area (Å²) >= 11 is 0. The number of hydrogen-bond donors (Lipinski definition) is 3. The maximum atomic E-state index is 11.9. The molecule has 114 valence electrons. The highest BCUT2D eigenvalue weighted by molar-refractivity contribution is 5.94. The third kappa shape index (κ3) is 3.19. The van der Waals surface area contributed by atoms with Gasteiger partial charge in [-0.3, -0.25) is 9.59 Å². The summed E-state index contributed by atoms with van der Waals surface area (Å²) in [4.78, 5) is 23.3. The molecule has 1 heterocycles. The molecule has 0 saturated heterocycles. The highest BCUT2D eigenvalue weighted by Gasteiger charge is 2.46. The van der Waals surface area contributed by atoms with Crippen molar-refractivity contribution < 1.29 is 9.59 Å². The van der Waals surface area contributed by atoms with Crippen LogP contribution < -0.4 is 16.4 Å². The number of anilines is 1. The van der Waals surface area contributed by atoms with Crippen LogP contribution >= 0.6 is 12.4 Å². The molecule has 2 aliphatic rings. The number of carbonyl (C=O) groups is 2. The Morgan fingerprint density at radius 2 is 2.10 bits per heavy atom. The fourth-order valence-electron chi connectivity index (χ4n) is 2.46. The van der Waals surface area contributed by atoms with Crippen LogP contribution in [-0.4, -0.2) is 17.4 Å². The van der Waals surface area contributed by atoms with Gasteiger partial charge >= 0.3 is 0 Å². The second-order valence-electron chi connectivity index (χ2n) is 5.82. The largest absolute Gasteiger partial charge is 0.348 e. The molecule has 1 aromatic carbocycles. The molecule has 1 aliphatic carbocycles. The van der Waals surface area contributed by atoms with E-state index in [1.54, 1.807) is 0 Å². The Bertz CT molecular complexity index is 584. The zero-order valence-corrected chi connectivity index (χ0v) is 12.8. The number of nitrogens with one attached hydrogen (secondary N) is 2. The minimum Gasteiger partial charge on any atom is -0.348 e. The Labute approximate surface area is 130 Å². The second kappa shape index (κ2) is 5.66. The molecule has 1 atom stereocenters. The molecule has 1 unspecified atom stereocenters. The zero-order chi connectivity index (χ0) is 14.3. The molecule has 0 spiro atoms. The smallest absolute Gasteiger partial charge is 0.240 e. The zero-order valence-electron chi connectivity index (χ0n) is 11.9. The third-order valence-corrected chi connectivity index (χ3v) is 4.11. The fourth-order valence-corrected chi connectivity index (χ4v) is 2.46. The van der Waals surface area contributed by atoms with Gasteiger partial charge in [0.15, 0.2) is 0 Å². The molecule has 6 heteroatoms. The van der Waals surface area contributed by atoms with E-state index in [2.05, 4.69) is 16.7 Å². The van der Waals surface area contributed by atoms with Crippen LogP contribution in [0.25, 0.3) is 0 Å². The summed E-state index contributed by atoms with van der Waals surface area (Å²) in [5, 5.41) is 5.82. The van der Waals surface area contributed by atoms with Crippen LogP contribution in [0.4, 0.5) is 5.69 Å². The topological polar surface area (TPSA) is 84.2 Å². The highest BCUT2D eigenvalue weighted by Crippen LogP contribution is 2.33. The Morgan fingerprint density at radius 3 is 2.76 bits per heavy atom. The first-order valence-corrected chi connectivity index (χ1v) is 7.00. The first kappa shape index (κ1) is 15.8. The first-order valence-electron chi connectivity index (χ1n) is 7.00. The van der Waals surface area contributed by atoms with E-state index in [0.29, 0.717) is 6.42 Å². The molecule has 5 nitrogen and oxygen atoms in total. The van der Waals surface area contributed by atoms with Crippen molar-refractivity contribution in [3.05, 3.63) is 29.3 Å². The van der Waals surface area contributed by atoms with E-state index in [9.17, 15) is 9.59 Å². The molecule has 1 saturated carbocycles. The maximum absolute atomic E-state index is 11.9. The molecular weight excluding hydrogens is 290 g/mol. The van der Waals surface area contributed by atoms with Crippen LogP contribution in [-0.2, 0) is 16.0 Å². The van der Waals surface area contributed by atoms with E-state index in [1.807, 2.05) is 19.1 Å². The monoisotopic (exact) mass is 309 g/mol. The fraction of sp³-hybridized carbons (Fsp3) is 0.467. The standard InChI is InChI=1S/C15H19N3O2.ClH/c1-9(17-14(20)15(16)6-7-15)10-2-4-12-11(8-10)3-5-13(19)18-12;/h2,4,8-9H,3,5-7,16H2,1H3,(H,17,20)(H,18,19);1H. The lowest BCUT2D eigenvalue weighted by Crippen LogP contribution is -2.43. The Hall–Kier alpha value is -1.59. The van der Waals surface area contributed by atoms with Crippen molar-refractivity contribution in [3.63, 3.8) is 0 Å². The summed E-state index contributed by atoms with van der Waals surface area (Å²) in [6.07, 6.45) is 2.79. The molecular formula is C15H20ClN3O2. The average Bonchev–Trinajstić information content (AvgIpc) is 3.17. The number of hydrogen-bond acceptors (Lipinski definition) is 3. The van der Waals surface area contributed by atoms with Gasteiger partial charge in [-0.1, -0.05) is 12.1 Å². The van der Waals surface area contributed by atoms with E-state index in [-0.39, 0.29) is 30.3 Å². The van der Waals surface area contributed by atoms with E-state index >= 15 is 0 Å². The third-order valence-electron chi connectivity index (χ3n) is 4.11. The number of carbonyl (C=O) groups excluding carboxylic acids is 2. The molecule has 21 heavy (non-hydrogen) atoms. The molecule has 0 radical (unpaired) electrons. The Morgan fingerprint density at radius 1 is 1.38 bits per heavy atom. The maximum Gasteiger partial charge on any atom is 0.240 e. The number of nitrogens with two attached hydrogens (primary N) is 1. The van der Waals surface area contributed by atoms with Gasteiger partial charge in [-0.05, 0) is 43.4 Å². The van der Waals surface area contributed by atoms with Crippen molar-refractivity contribution in [3.8, 4) is 0 Å². The van der Waals surface area contributed by atoms with Gasteiger partial charge in [0.2, 0.25) is 11.8 Å². The van der Waals surface area contributed by atoms with Gasteiger partial charge in [-0.15, -0.1) is 12.4 Å². The minimum absolute atomic E-state index is 0. The minimum atomic E-state index is -0.642. The summed E-state index contributed by atoms with van der Waals surface area (Å²) in [6.45, 7) is 1.95. The van der Waals surface area contributed by atoms with Crippen molar-refractivity contribution in [2.24, 2.45) is 5.73 Å². The number of amides is 2. The molecule has 1 aromatic rings. The van der Waals surface area contributed by atoms with Crippen molar-refractivity contribution in [1.82, 2.24) is 5.32 Å². The van der Waals surface area contributed by atoms with Crippen molar-refractivity contribution in [2.45, 2.75) is 44.2 Å². The van der Waals surface area contributed by atoms with E-state index in [4.69, 9.17) is 5.73 Å². The molecule has 3 rings (SSSR count). The lowest BCUT2D eigenvalue weighted by Gasteiger charge is -2.21. The lowest BCUT2D eigenvalue weighted by atomic mass is 9.97. The predicted molar refractivity (Wildman–Crippen MR) is 83.4 cm³/mol. The van der Waals surface area contributed by atoms with Crippen LogP contribution in [0.15, 0.2) is 18.2 Å². The number of halogens is 1. The molecule has 0 aromatic heterocycles. The number of aryl methyl sites for hydroxylation is 1. The highest BCUT2D eigenvalue weighted by atomic mass is 35.5. The van der Waals surface area contributed by atoms with Crippen LogP contribution in [0.3, 0.4) is 0 Å². The number of benzene rings is 1. The van der Waals surface area contributed by atoms with E-state index < -0.39 is 5.54 Å². The number of rotatable bonds is 3. The predicted octanol–water partition coefficient (Wildman–Crippen LogP) is 1.66. The molecule has 1 aliphatic heterocycles. The van der Waals surface area contributed by atoms with Crippen LogP contribution in [0.1, 0.15) is 43.4 Å². The van der Waals surface area contributed by atoms with Gasteiger partial charge in [0, 0.05) is 12.1 Å². The Kier molecular flexibility index (Phi) is 4.25. The van der Waals surface area contributed by atoms with Crippen molar-refractivity contribution in [1.29, 1.82) is 0 Å². The lowest BCUT2D eigenvalue weighted by molar-refractivity contribution is -0.124. The quantitative estimate of drug-likeness (QED) is 0.794. The van der Waals surface area contributed by atoms with Crippen molar-refractivity contribution in [2.75, 3.05) is 5.32 Å². The summed E-state index contributed by atoms with van der Waals surface area (Å²) in [5.41, 5.74) is 8.28. The molecule has 4 N–H and O–H groups in total. The summed E-state index contributed by atoms with van der Waals surface area (Å²) in [6, 6.07) is 5.81.